The minimum Gasteiger partial charge on any atom is -0.342 e. The SMILES string of the molecule is CCC(=C(c1ccccc1)c1ccc(C2(C(=O)N(CC)CC)CC2)cc1)c1ccccc1. The van der Waals surface area contributed by atoms with Crippen LogP contribution in [0.4, 0.5) is 0 Å². The summed E-state index contributed by atoms with van der Waals surface area (Å²) in [5.74, 6) is 0.285. The van der Waals surface area contributed by atoms with Crippen molar-refractivity contribution >= 4 is 17.1 Å². The van der Waals surface area contributed by atoms with Gasteiger partial charge in [-0.25, -0.2) is 0 Å². The normalized spacial score (nSPS) is 15.1. The van der Waals surface area contributed by atoms with Gasteiger partial charge >= 0.3 is 0 Å². The van der Waals surface area contributed by atoms with E-state index in [1.165, 1.54) is 27.8 Å². The molecule has 32 heavy (non-hydrogen) atoms. The first-order chi connectivity index (χ1) is 15.6. The Bertz CT molecular complexity index is 1070. The summed E-state index contributed by atoms with van der Waals surface area (Å²) in [7, 11) is 0. The largest absolute Gasteiger partial charge is 0.342 e. The van der Waals surface area contributed by atoms with Gasteiger partial charge in [0.1, 0.15) is 0 Å². The molecule has 0 aromatic heterocycles. The van der Waals surface area contributed by atoms with Crippen molar-refractivity contribution in [2.24, 2.45) is 0 Å². The summed E-state index contributed by atoms with van der Waals surface area (Å²) in [6.45, 7) is 7.89. The number of benzene rings is 3. The molecule has 1 amide bonds. The molecule has 4 rings (SSSR count). The molecule has 0 radical (unpaired) electrons. The number of carbonyl (C=O) groups is 1. The zero-order valence-electron chi connectivity index (χ0n) is 19.5. The van der Waals surface area contributed by atoms with Crippen molar-refractivity contribution in [3.05, 3.63) is 107 Å². The summed E-state index contributed by atoms with van der Waals surface area (Å²) >= 11 is 0. The molecule has 1 saturated carbocycles. The van der Waals surface area contributed by atoms with Crippen LogP contribution in [0.2, 0.25) is 0 Å². The Balaban J connectivity index is 1.78. The van der Waals surface area contributed by atoms with E-state index in [1.807, 2.05) is 4.90 Å². The lowest BCUT2D eigenvalue weighted by molar-refractivity contribution is -0.133. The minimum atomic E-state index is -0.311. The molecule has 1 aliphatic carbocycles. The fraction of sp³-hybridized carbons (Fsp3) is 0.300. The Morgan fingerprint density at radius 2 is 1.22 bits per heavy atom. The molecule has 2 heteroatoms. The third-order valence-electron chi connectivity index (χ3n) is 6.78. The highest BCUT2D eigenvalue weighted by atomic mass is 16.2. The molecule has 1 aliphatic rings. The van der Waals surface area contributed by atoms with Crippen LogP contribution in [-0.4, -0.2) is 23.9 Å². The molecule has 2 nitrogen and oxygen atoms in total. The van der Waals surface area contributed by atoms with Crippen molar-refractivity contribution in [1.82, 2.24) is 4.90 Å². The highest BCUT2D eigenvalue weighted by Gasteiger charge is 2.52. The maximum absolute atomic E-state index is 13.2. The van der Waals surface area contributed by atoms with Crippen molar-refractivity contribution in [3.63, 3.8) is 0 Å². The number of rotatable bonds is 8. The molecule has 0 N–H and O–H groups in total. The van der Waals surface area contributed by atoms with E-state index in [9.17, 15) is 4.79 Å². The van der Waals surface area contributed by atoms with Gasteiger partial charge in [0.05, 0.1) is 5.41 Å². The van der Waals surface area contributed by atoms with Crippen molar-refractivity contribution in [2.45, 2.75) is 45.4 Å². The molecule has 0 unspecified atom stereocenters. The molecular formula is C30H33NO. The summed E-state index contributed by atoms with van der Waals surface area (Å²) in [6.07, 6.45) is 2.85. The number of likely N-dealkylation sites (N-methyl/N-ethyl adjacent to an activating group) is 1. The number of allylic oxidation sites excluding steroid dienone is 1. The molecule has 0 bridgehead atoms. The topological polar surface area (TPSA) is 20.3 Å². The van der Waals surface area contributed by atoms with E-state index in [0.717, 1.165) is 37.9 Å². The van der Waals surface area contributed by atoms with E-state index in [4.69, 9.17) is 0 Å². The molecule has 0 aliphatic heterocycles. The van der Waals surface area contributed by atoms with Gasteiger partial charge in [-0.2, -0.15) is 0 Å². The molecule has 0 spiro atoms. The Morgan fingerprint density at radius 3 is 1.69 bits per heavy atom. The van der Waals surface area contributed by atoms with Crippen LogP contribution in [-0.2, 0) is 10.2 Å². The fourth-order valence-corrected chi connectivity index (χ4v) is 4.80. The van der Waals surface area contributed by atoms with Crippen LogP contribution >= 0.6 is 0 Å². The predicted octanol–water partition coefficient (Wildman–Crippen LogP) is 6.96. The maximum atomic E-state index is 13.2. The summed E-state index contributed by atoms with van der Waals surface area (Å²) in [5, 5.41) is 0. The molecule has 164 valence electrons. The van der Waals surface area contributed by atoms with Gasteiger partial charge in [-0.05, 0) is 66.5 Å². The zero-order chi connectivity index (χ0) is 22.6. The van der Waals surface area contributed by atoms with Gasteiger partial charge in [-0.3, -0.25) is 4.79 Å². The van der Waals surface area contributed by atoms with Crippen molar-refractivity contribution in [2.75, 3.05) is 13.1 Å². The number of hydrogen-bond donors (Lipinski definition) is 0. The summed E-state index contributed by atoms with van der Waals surface area (Å²) in [6, 6.07) is 30.1. The van der Waals surface area contributed by atoms with Crippen LogP contribution in [0.15, 0.2) is 84.9 Å². The number of carbonyl (C=O) groups excluding carboxylic acids is 1. The Morgan fingerprint density at radius 1 is 0.719 bits per heavy atom. The predicted molar refractivity (Wildman–Crippen MR) is 134 cm³/mol. The van der Waals surface area contributed by atoms with Crippen LogP contribution < -0.4 is 0 Å². The standard InChI is InChI=1S/C30H33NO/c1-4-27(23-13-9-7-10-14-23)28(24-15-11-8-12-16-24)25-17-19-26(20-18-25)30(21-22-30)29(32)31(5-2)6-3/h7-20H,4-6,21-22H2,1-3H3. The summed E-state index contributed by atoms with van der Waals surface area (Å²) in [5.41, 5.74) is 7.13. The molecular weight excluding hydrogens is 390 g/mol. The molecule has 0 saturated heterocycles. The van der Waals surface area contributed by atoms with Crippen LogP contribution in [0, 0.1) is 0 Å². The van der Waals surface area contributed by atoms with E-state index in [-0.39, 0.29) is 11.3 Å². The van der Waals surface area contributed by atoms with Crippen molar-refractivity contribution in [3.8, 4) is 0 Å². The van der Waals surface area contributed by atoms with Crippen molar-refractivity contribution < 1.29 is 4.79 Å². The number of amides is 1. The lowest BCUT2D eigenvalue weighted by atomic mass is 9.86. The monoisotopic (exact) mass is 423 g/mol. The molecule has 3 aromatic carbocycles. The molecule has 0 atom stereocenters. The molecule has 3 aromatic rings. The highest BCUT2D eigenvalue weighted by molar-refractivity contribution is 5.99. The third-order valence-corrected chi connectivity index (χ3v) is 6.78. The van der Waals surface area contributed by atoms with E-state index in [1.54, 1.807) is 0 Å². The van der Waals surface area contributed by atoms with Gasteiger partial charge in [-0.1, -0.05) is 91.9 Å². The maximum Gasteiger partial charge on any atom is 0.233 e. The van der Waals surface area contributed by atoms with Crippen LogP contribution in [0.1, 0.15) is 62.3 Å². The highest BCUT2D eigenvalue weighted by Crippen LogP contribution is 2.50. The zero-order valence-corrected chi connectivity index (χ0v) is 19.5. The molecule has 1 fully saturated rings. The van der Waals surface area contributed by atoms with E-state index in [2.05, 4.69) is 106 Å². The summed E-state index contributed by atoms with van der Waals surface area (Å²) < 4.78 is 0. The number of hydrogen-bond acceptors (Lipinski definition) is 1. The minimum absolute atomic E-state index is 0.285. The van der Waals surface area contributed by atoms with Crippen LogP contribution in [0.5, 0.6) is 0 Å². The Hall–Kier alpha value is -3.13. The Kier molecular flexibility index (Phi) is 6.60. The van der Waals surface area contributed by atoms with E-state index >= 15 is 0 Å². The Labute approximate surface area is 192 Å². The van der Waals surface area contributed by atoms with Gasteiger partial charge < -0.3 is 4.90 Å². The quantitative estimate of drug-likeness (QED) is 0.359. The lowest BCUT2D eigenvalue weighted by Crippen LogP contribution is -2.39. The van der Waals surface area contributed by atoms with Crippen LogP contribution in [0.3, 0.4) is 0 Å². The first kappa shape index (κ1) is 22.1. The van der Waals surface area contributed by atoms with E-state index in [0.29, 0.717) is 0 Å². The third kappa shape index (κ3) is 4.14. The van der Waals surface area contributed by atoms with Gasteiger partial charge in [0, 0.05) is 13.1 Å². The fourth-order valence-electron chi connectivity index (χ4n) is 4.80. The smallest absolute Gasteiger partial charge is 0.233 e. The second-order valence-corrected chi connectivity index (χ2v) is 8.58. The van der Waals surface area contributed by atoms with Gasteiger partial charge in [0.25, 0.3) is 0 Å². The average Bonchev–Trinajstić information content (AvgIpc) is 3.66. The van der Waals surface area contributed by atoms with Gasteiger partial charge in [0.15, 0.2) is 0 Å². The van der Waals surface area contributed by atoms with Crippen molar-refractivity contribution in [1.29, 1.82) is 0 Å². The second kappa shape index (κ2) is 9.56. The van der Waals surface area contributed by atoms with Gasteiger partial charge in [0.2, 0.25) is 5.91 Å². The second-order valence-electron chi connectivity index (χ2n) is 8.58. The first-order valence-electron chi connectivity index (χ1n) is 11.9. The lowest BCUT2D eigenvalue weighted by Gasteiger charge is -2.25. The van der Waals surface area contributed by atoms with Gasteiger partial charge in [-0.15, -0.1) is 0 Å². The average molecular weight is 424 g/mol. The summed E-state index contributed by atoms with van der Waals surface area (Å²) in [4.78, 5) is 15.2. The van der Waals surface area contributed by atoms with Crippen LogP contribution in [0.25, 0.3) is 11.1 Å². The molecule has 0 heterocycles. The first-order valence-corrected chi connectivity index (χ1v) is 11.9. The van der Waals surface area contributed by atoms with E-state index < -0.39 is 0 Å². The number of nitrogens with zero attached hydrogens (tertiary/aromatic N) is 1.